The Labute approximate surface area is 103 Å². The summed E-state index contributed by atoms with van der Waals surface area (Å²) in [6.45, 7) is 3.45. The van der Waals surface area contributed by atoms with Crippen molar-refractivity contribution in [1.29, 1.82) is 0 Å². The molecule has 1 heteroatoms. The van der Waals surface area contributed by atoms with E-state index in [1.807, 2.05) is 0 Å². The van der Waals surface area contributed by atoms with Gasteiger partial charge in [-0.1, -0.05) is 49.4 Å². The summed E-state index contributed by atoms with van der Waals surface area (Å²) in [6, 6.07) is 15.4. The topological polar surface area (TPSA) is 12.0 Å². The van der Waals surface area contributed by atoms with Crippen LogP contribution in [0.15, 0.2) is 42.5 Å². The average molecular weight is 225 g/mol. The molecule has 1 fully saturated rings. The van der Waals surface area contributed by atoms with Crippen LogP contribution in [0, 0.1) is 5.92 Å². The normalized spacial score (nSPS) is 27.3. The van der Waals surface area contributed by atoms with Gasteiger partial charge in [0, 0.05) is 12.0 Å². The van der Waals surface area contributed by atoms with Crippen molar-refractivity contribution in [3.8, 4) is 0 Å². The van der Waals surface area contributed by atoms with Crippen LogP contribution in [0.5, 0.6) is 0 Å². The van der Waals surface area contributed by atoms with Crippen molar-refractivity contribution in [3.63, 3.8) is 0 Å². The summed E-state index contributed by atoms with van der Waals surface area (Å²) < 4.78 is 0. The highest BCUT2D eigenvalue weighted by Gasteiger charge is 2.52. The van der Waals surface area contributed by atoms with Crippen LogP contribution in [0.4, 0.5) is 0 Å². The quantitative estimate of drug-likeness (QED) is 0.844. The van der Waals surface area contributed by atoms with Crippen LogP contribution < -0.4 is 5.32 Å². The third kappa shape index (κ3) is 1.57. The van der Waals surface area contributed by atoms with Gasteiger partial charge in [-0.15, -0.1) is 0 Å². The molecule has 0 amide bonds. The summed E-state index contributed by atoms with van der Waals surface area (Å²) in [6.07, 6.45) is 1.31. The van der Waals surface area contributed by atoms with Gasteiger partial charge in [0.15, 0.2) is 0 Å². The lowest BCUT2D eigenvalue weighted by Gasteiger charge is -2.19. The molecule has 17 heavy (non-hydrogen) atoms. The zero-order chi connectivity index (χ0) is 11.9. The van der Waals surface area contributed by atoms with E-state index in [9.17, 15) is 0 Å². The molecule has 1 saturated carbocycles. The number of likely N-dealkylation sites (N-methyl/N-ethyl adjacent to an activating group) is 1. The lowest BCUT2D eigenvalue weighted by Crippen LogP contribution is -2.25. The molecule has 2 aromatic rings. The van der Waals surface area contributed by atoms with Gasteiger partial charge in [0.25, 0.3) is 0 Å². The van der Waals surface area contributed by atoms with Gasteiger partial charge in [-0.3, -0.25) is 0 Å². The lowest BCUT2D eigenvalue weighted by atomic mass is 9.89. The Morgan fingerprint density at radius 1 is 1.18 bits per heavy atom. The molecule has 1 nitrogen and oxygen atoms in total. The van der Waals surface area contributed by atoms with Gasteiger partial charge < -0.3 is 5.32 Å². The predicted molar refractivity (Wildman–Crippen MR) is 73.3 cm³/mol. The Balaban J connectivity index is 2.17. The zero-order valence-corrected chi connectivity index (χ0v) is 10.5. The van der Waals surface area contributed by atoms with Gasteiger partial charge in [-0.25, -0.2) is 0 Å². The van der Waals surface area contributed by atoms with E-state index in [2.05, 4.69) is 61.8 Å². The maximum absolute atomic E-state index is 3.36. The van der Waals surface area contributed by atoms with Crippen molar-refractivity contribution < 1.29 is 0 Å². The Hall–Kier alpha value is -1.34. The Morgan fingerprint density at radius 2 is 1.88 bits per heavy atom. The van der Waals surface area contributed by atoms with E-state index in [4.69, 9.17) is 0 Å². The second-order valence-corrected chi connectivity index (χ2v) is 5.32. The van der Waals surface area contributed by atoms with E-state index in [0.717, 1.165) is 12.5 Å². The first-order valence-electron chi connectivity index (χ1n) is 6.41. The molecule has 2 unspecified atom stereocenters. The van der Waals surface area contributed by atoms with Crippen molar-refractivity contribution in [2.45, 2.75) is 18.8 Å². The minimum absolute atomic E-state index is 0.371. The summed E-state index contributed by atoms with van der Waals surface area (Å²) in [5.74, 6) is 0.792. The molecule has 0 spiro atoms. The molecule has 2 aromatic carbocycles. The molecular formula is C16H19N. The molecule has 0 aromatic heterocycles. The Bertz CT molecular complexity index is 541. The smallest absolute Gasteiger partial charge is 0.0112 e. The molecule has 0 heterocycles. The number of fused-ring (bicyclic) bond motifs is 1. The molecule has 0 radical (unpaired) electrons. The van der Waals surface area contributed by atoms with Gasteiger partial charge in [0.1, 0.15) is 0 Å². The molecule has 0 aliphatic heterocycles. The molecule has 88 valence electrons. The Morgan fingerprint density at radius 3 is 2.59 bits per heavy atom. The largest absolute Gasteiger partial charge is 0.319 e. The first-order chi connectivity index (χ1) is 8.28. The number of hydrogen-bond acceptors (Lipinski definition) is 1. The van der Waals surface area contributed by atoms with Gasteiger partial charge >= 0.3 is 0 Å². The predicted octanol–water partition coefficient (Wildman–Crippen LogP) is 3.34. The molecule has 3 rings (SSSR count). The summed E-state index contributed by atoms with van der Waals surface area (Å²) in [4.78, 5) is 0. The highest BCUT2D eigenvalue weighted by Crippen LogP contribution is 2.55. The first kappa shape index (κ1) is 10.8. The van der Waals surface area contributed by atoms with E-state index < -0.39 is 0 Å². The van der Waals surface area contributed by atoms with Gasteiger partial charge in [-0.2, -0.15) is 0 Å². The van der Waals surface area contributed by atoms with Crippen LogP contribution in [-0.2, 0) is 5.41 Å². The Kier molecular flexibility index (Phi) is 2.44. The van der Waals surface area contributed by atoms with Crippen LogP contribution in [0.1, 0.15) is 18.9 Å². The molecule has 0 saturated heterocycles. The van der Waals surface area contributed by atoms with Crippen LogP contribution in [0.3, 0.4) is 0 Å². The third-order valence-electron chi connectivity index (χ3n) is 4.27. The standard InChI is InChI=1S/C16H19N/c1-12-10-16(12,11-17-2)15-9-5-7-13-6-3-4-8-14(13)15/h3-9,12,17H,10-11H2,1-2H3. The number of benzene rings is 2. The fraction of sp³-hybridized carbons (Fsp3) is 0.375. The summed E-state index contributed by atoms with van der Waals surface area (Å²) in [5, 5.41) is 6.15. The lowest BCUT2D eigenvalue weighted by molar-refractivity contribution is 0.585. The number of nitrogens with one attached hydrogen (secondary N) is 1. The van der Waals surface area contributed by atoms with Crippen molar-refractivity contribution in [2.24, 2.45) is 5.92 Å². The summed E-state index contributed by atoms with van der Waals surface area (Å²) in [7, 11) is 2.05. The zero-order valence-electron chi connectivity index (χ0n) is 10.5. The highest BCUT2D eigenvalue weighted by molar-refractivity contribution is 5.87. The number of rotatable bonds is 3. The van der Waals surface area contributed by atoms with Gasteiger partial charge in [-0.05, 0) is 35.7 Å². The molecule has 0 bridgehead atoms. The fourth-order valence-electron chi connectivity index (χ4n) is 3.18. The van der Waals surface area contributed by atoms with Gasteiger partial charge in [0.05, 0.1) is 0 Å². The van der Waals surface area contributed by atoms with E-state index in [1.165, 1.54) is 22.8 Å². The monoisotopic (exact) mass is 225 g/mol. The minimum Gasteiger partial charge on any atom is -0.319 e. The molecule has 1 aliphatic rings. The maximum Gasteiger partial charge on any atom is 0.0112 e. The maximum atomic E-state index is 3.36. The number of hydrogen-bond donors (Lipinski definition) is 1. The summed E-state index contributed by atoms with van der Waals surface area (Å²) >= 11 is 0. The highest BCUT2D eigenvalue weighted by atomic mass is 14.9. The summed E-state index contributed by atoms with van der Waals surface area (Å²) in [5.41, 5.74) is 1.90. The third-order valence-corrected chi connectivity index (χ3v) is 4.27. The van der Waals surface area contributed by atoms with Crippen LogP contribution in [-0.4, -0.2) is 13.6 Å². The molecule has 1 N–H and O–H groups in total. The SMILES string of the molecule is CNCC1(c2cccc3ccccc23)CC1C. The van der Waals surface area contributed by atoms with Crippen molar-refractivity contribution >= 4 is 10.8 Å². The minimum atomic E-state index is 0.371. The van der Waals surface area contributed by atoms with Crippen LogP contribution >= 0.6 is 0 Å². The average Bonchev–Trinajstić information content (AvgIpc) is 3.00. The second kappa shape index (κ2) is 3.85. The first-order valence-corrected chi connectivity index (χ1v) is 6.41. The molecule has 2 atom stereocenters. The van der Waals surface area contributed by atoms with Crippen molar-refractivity contribution in [1.82, 2.24) is 5.32 Å². The van der Waals surface area contributed by atoms with E-state index >= 15 is 0 Å². The molecule has 1 aliphatic carbocycles. The van der Waals surface area contributed by atoms with Crippen molar-refractivity contribution in [2.75, 3.05) is 13.6 Å². The second-order valence-electron chi connectivity index (χ2n) is 5.32. The van der Waals surface area contributed by atoms with E-state index in [0.29, 0.717) is 5.41 Å². The van der Waals surface area contributed by atoms with Crippen molar-refractivity contribution in [3.05, 3.63) is 48.0 Å². The van der Waals surface area contributed by atoms with Crippen LogP contribution in [0.2, 0.25) is 0 Å². The molecular weight excluding hydrogens is 206 g/mol. The van der Waals surface area contributed by atoms with Gasteiger partial charge in [0.2, 0.25) is 0 Å². The fourth-order valence-corrected chi connectivity index (χ4v) is 3.18. The van der Waals surface area contributed by atoms with Crippen LogP contribution in [0.25, 0.3) is 10.8 Å². The van der Waals surface area contributed by atoms with E-state index in [1.54, 1.807) is 0 Å². The van der Waals surface area contributed by atoms with E-state index in [-0.39, 0.29) is 0 Å².